The zero-order valence-corrected chi connectivity index (χ0v) is 23.4. The molecule has 1 aromatic carbocycles. The van der Waals surface area contributed by atoms with Crippen LogP contribution in [0.2, 0.25) is 0 Å². The minimum atomic E-state index is 0.538. The molecular formula is C23H41IN4S2. The predicted molar refractivity (Wildman–Crippen MR) is 147 cm³/mol. The van der Waals surface area contributed by atoms with Gasteiger partial charge in [-0.05, 0) is 78.6 Å². The smallest absolute Gasteiger partial charge is 0.0970 e. The van der Waals surface area contributed by atoms with Crippen molar-refractivity contribution >= 4 is 51.9 Å². The highest BCUT2D eigenvalue weighted by Crippen LogP contribution is 2.41. The van der Waals surface area contributed by atoms with Crippen molar-refractivity contribution in [3.05, 3.63) is 28.8 Å². The number of hydrogen-bond donors (Lipinski definition) is 2. The maximum absolute atomic E-state index is 5.02. The van der Waals surface area contributed by atoms with E-state index in [1.54, 1.807) is 0 Å². The highest BCUT2D eigenvalue weighted by molar-refractivity contribution is 14.2. The zero-order chi connectivity index (χ0) is 22.5. The first kappa shape index (κ1) is 28.1. The van der Waals surface area contributed by atoms with Crippen molar-refractivity contribution in [2.24, 2.45) is 11.7 Å². The van der Waals surface area contributed by atoms with Crippen LogP contribution in [-0.4, -0.2) is 36.0 Å². The van der Waals surface area contributed by atoms with E-state index in [0.717, 1.165) is 19.0 Å². The third kappa shape index (κ3) is 7.59. The average molecular weight is 565 g/mol. The third-order valence-corrected chi connectivity index (χ3v) is 8.66. The number of aromatic nitrogens is 1. The summed E-state index contributed by atoms with van der Waals surface area (Å²) in [6, 6.07) is 7.54. The Kier molecular flexibility index (Phi) is 14.8. The molecule has 172 valence electrons. The van der Waals surface area contributed by atoms with Gasteiger partial charge in [0.25, 0.3) is 0 Å². The van der Waals surface area contributed by atoms with E-state index in [0.29, 0.717) is 12.0 Å². The third-order valence-electron chi connectivity index (χ3n) is 5.36. The summed E-state index contributed by atoms with van der Waals surface area (Å²) >= 11 is 4.34. The Morgan fingerprint density at radius 2 is 1.77 bits per heavy atom. The van der Waals surface area contributed by atoms with Crippen LogP contribution in [0.5, 0.6) is 0 Å². The Bertz CT molecular complexity index is 704. The summed E-state index contributed by atoms with van der Waals surface area (Å²) in [6.07, 6.45) is 5.04. The van der Waals surface area contributed by atoms with Crippen LogP contribution in [0, 0.1) is 5.92 Å². The fourth-order valence-electron chi connectivity index (χ4n) is 3.93. The summed E-state index contributed by atoms with van der Waals surface area (Å²) in [5.74, 6) is 1.46. The van der Waals surface area contributed by atoms with Crippen LogP contribution in [0.4, 0.5) is 0 Å². The van der Waals surface area contributed by atoms with Gasteiger partial charge in [0.15, 0.2) is 0 Å². The molecule has 2 fully saturated rings. The van der Waals surface area contributed by atoms with Gasteiger partial charge in [0.1, 0.15) is 0 Å². The first-order chi connectivity index (χ1) is 14.7. The second kappa shape index (κ2) is 15.8. The first-order valence-electron chi connectivity index (χ1n) is 11.5. The summed E-state index contributed by atoms with van der Waals surface area (Å²) < 4.78 is 3.90. The summed E-state index contributed by atoms with van der Waals surface area (Å²) in [7, 11) is 3.36. The molecule has 0 amide bonds. The lowest BCUT2D eigenvalue weighted by molar-refractivity contribution is 0.226. The molecule has 2 aliphatic rings. The fourth-order valence-corrected chi connectivity index (χ4v) is 6.99. The Labute approximate surface area is 204 Å². The van der Waals surface area contributed by atoms with Crippen LogP contribution >= 0.6 is 41.7 Å². The molecule has 0 saturated carbocycles. The maximum Gasteiger partial charge on any atom is 0.0970 e. The number of nitrogens with two attached hydrogens (primary N) is 1. The lowest BCUT2D eigenvalue weighted by Crippen LogP contribution is -2.31. The molecule has 4 nitrogen and oxygen atoms in total. The topological polar surface area (TPSA) is 54.2 Å². The molecule has 0 aliphatic carbocycles. The summed E-state index contributed by atoms with van der Waals surface area (Å²) in [6.45, 7) is 13.8. The molecule has 2 atom stereocenters. The van der Waals surface area contributed by atoms with Gasteiger partial charge in [-0.25, -0.2) is 9.29 Å². The number of nitrogens with one attached hydrogen (secondary N) is 1. The lowest BCUT2D eigenvalue weighted by Gasteiger charge is -2.36. The molecule has 2 aromatic rings. The second-order valence-corrected chi connectivity index (χ2v) is 10.0. The molecule has 4 rings (SSSR count). The molecule has 3 heterocycles. The lowest BCUT2D eigenvalue weighted by atomic mass is 9.92. The zero-order valence-electron chi connectivity index (χ0n) is 19.6. The molecule has 1 aromatic heterocycles. The van der Waals surface area contributed by atoms with E-state index in [9.17, 15) is 0 Å². The van der Waals surface area contributed by atoms with Crippen molar-refractivity contribution in [3.8, 4) is 0 Å². The standard InChI is InChI=1S/C18H24IN3S2.2C2H6.CH5N/c1-12-2-4-16(22(11-12)24-19)14-3-5-17-15(10-14)21-18(23-17)13-6-8-20-9-7-13;3*1-2/h3,5,10,12-13,16,20H,2,4,6-9,11H2,1H3;2*1-2H3;2H2,1H3. The molecule has 2 unspecified atom stereocenters. The highest BCUT2D eigenvalue weighted by atomic mass is 127. The summed E-state index contributed by atoms with van der Waals surface area (Å²) in [5.41, 5.74) is 7.16. The number of rotatable bonds is 3. The number of halogens is 1. The van der Waals surface area contributed by atoms with Crippen LogP contribution in [0.15, 0.2) is 18.2 Å². The van der Waals surface area contributed by atoms with Crippen LogP contribution in [-0.2, 0) is 0 Å². The fraction of sp³-hybridized carbons (Fsp3) is 0.696. The van der Waals surface area contributed by atoms with Gasteiger partial charge in [-0.1, -0.05) is 40.7 Å². The van der Waals surface area contributed by atoms with Gasteiger partial charge in [0.2, 0.25) is 0 Å². The van der Waals surface area contributed by atoms with Crippen LogP contribution < -0.4 is 11.1 Å². The van der Waals surface area contributed by atoms with Crippen molar-refractivity contribution < 1.29 is 0 Å². The largest absolute Gasteiger partial charge is 0.333 e. The number of benzene rings is 1. The van der Waals surface area contributed by atoms with Gasteiger partial charge in [0, 0.05) is 39.7 Å². The van der Waals surface area contributed by atoms with E-state index < -0.39 is 0 Å². The van der Waals surface area contributed by atoms with Crippen molar-refractivity contribution in [2.75, 3.05) is 26.7 Å². The summed E-state index contributed by atoms with van der Waals surface area (Å²) in [4.78, 5) is 5.02. The van der Waals surface area contributed by atoms with Crippen LogP contribution in [0.1, 0.15) is 82.8 Å². The van der Waals surface area contributed by atoms with Crippen LogP contribution in [0.25, 0.3) is 10.2 Å². The SMILES string of the molecule is CC.CC.CC1CCC(c2ccc3sc(C4CCNCC4)nc3c2)N(SI)C1.CN. The van der Waals surface area contributed by atoms with E-state index in [4.69, 9.17) is 4.98 Å². The summed E-state index contributed by atoms with van der Waals surface area (Å²) in [5, 5.41) is 4.80. The van der Waals surface area contributed by atoms with Crippen molar-refractivity contribution in [1.29, 1.82) is 0 Å². The van der Waals surface area contributed by atoms with Crippen molar-refractivity contribution in [2.45, 2.75) is 72.3 Å². The number of fused-ring (bicyclic) bond motifs is 1. The van der Waals surface area contributed by atoms with Gasteiger partial charge >= 0.3 is 0 Å². The van der Waals surface area contributed by atoms with E-state index in [-0.39, 0.29) is 0 Å². The molecule has 0 radical (unpaired) electrons. The number of nitrogens with zero attached hydrogens (tertiary/aromatic N) is 2. The van der Waals surface area contributed by atoms with Crippen molar-refractivity contribution in [1.82, 2.24) is 14.6 Å². The van der Waals surface area contributed by atoms with Gasteiger partial charge in [-0.15, -0.1) is 11.3 Å². The van der Waals surface area contributed by atoms with E-state index >= 15 is 0 Å². The van der Waals surface area contributed by atoms with Crippen molar-refractivity contribution in [3.63, 3.8) is 0 Å². The quantitative estimate of drug-likeness (QED) is 0.306. The van der Waals surface area contributed by atoms with E-state index in [2.05, 4.69) is 61.7 Å². The minimum absolute atomic E-state index is 0.538. The monoisotopic (exact) mass is 564 g/mol. The molecule has 3 N–H and O–H groups in total. The molecule has 0 bridgehead atoms. The van der Waals surface area contributed by atoms with E-state index in [1.165, 1.54) is 60.1 Å². The Hall–Kier alpha value is 0.0700. The first-order valence-corrected chi connectivity index (χ1v) is 15.6. The molecule has 0 spiro atoms. The number of hydrogen-bond acceptors (Lipinski definition) is 6. The highest BCUT2D eigenvalue weighted by Gasteiger charge is 2.28. The van der Waals surface area contributed by atoms with Gasteiger partial charge in [0.05, 0.1) is 15.2 Å². The molecule has 2 aliphatic heterocycles. The maximum atomic E-state index is 5.02. The Morgan fingerprint density at radius 3 is 2.40 bits per heavy atom. The van der Waals surface area contributed by atoms with Gasteiger partial charge in [-0.3, -0.25) is 0 Å². The number of thiazole rings is 1. The average Bonchev–Trinajstić information content (AvgIpc) is 3.27. The molecular weight excluding hydrogens is 523 g/mol. The Balaban J connectivity index is 0.000000691. The second-order valence-electron chi connectivity index (χ2n) is 7.17. The van der Waals surface area contributed by atoms with E-state index in [1.807, 2.05) is 48.2 Å². The van der Waals surface area contributed by atoms with Gasteiger partial charge in [-0.2, -0.15) is 0 Å². The molecule has 7 heteroatoms. The minimum Gasteiger partial charge on any atom is -0.333 e. The van der Waals surface area contributed by atoms with Crippen LogP contribution in [0.3, 0.4) is 0 Å². The predicted octanol–water partition coefficient (Wildman–Crippen LogP) is 7.16. The molecule has 30 heavy (non-hydrogen) atoms. The normalized spacial score (nSPS) is 22.1. The number of piperidine rings is 2. The molecule has 2 saturated heterocycles. The Morgan fingerprint density at radius 1 is 1.10 bits per heavy atom. The van der Waals surface area contributed by atoms with Gasteiger partial charge < -0.3 is 11.1 Å².